The summed E-state index contributed by atoms with van der Waals surface area (Å²) in [5.41, 5.74) is 0.373. The zero-order chi connectivity index (χ0) is 20.4. The molecule has 0 saturated carbocycles. The van der Waals surface area contributed by atoms with E-state index in [1.807, 2.05) is 0 Å². The van der Waals surface area contributed by atoms with Gasteiger partial charge in [-0.15, -0.1) is 12.6 Å². The summed E-state index contributed by atoms with van der Waals surface area (Å²) >= 11 is 4.13. The molecule has 2 heterocycles. The van der Waals surface area contributed by atoms with Crippen molar-refractivity contribution in [2.45, 2.75) is 25.3 Å². The minimum Gasteiger partial charge on any atom is -0.477 e. The summed E-state index contributed by atoms with van der Waals surface area (Å²) in [4.78, 5) is 56.2. The summed E-state index contributed by atoms with van der Waals surface area (Å²) in [7, 11) is 0. The number of nitro benzene ring substituents is 1. The third-order valence-electron chi connectivity index (χ3n) is 4.63. The van der Waals surface area contributed by atoms with Crippen molar-refractivity contribution in [3.8, 4) is 0 Å². The Balaban J connectivity index is 1.40. The molecule has 0 aliphatic carbocycles. The van der Waals surface area contributed by atoms with E-state index in [-0.39, 0.29) is 42.8 Å². The maximum atomic E-state index is 12.1. The number of carboxylic acid groups (broad SMARTS) is 1. The van der Waals surface area contributed by atoms with Gasteiger partial charge in [0.1, 0.15) is 5.70 Å². The minimum atomic E-state index is -1.18. The second kappa shape index (κ2) is 7.98. The number of hydrogen-bond donors (Lipinski definition) is 2. The van der Waals surface area contributed by atoms with Crippen LogP contribution < -0.4 is 0 Å². The second-order valence-corrected chi connectivity index (χ2v) is 6.89. The number of carboxylic acids is 1. The van der Waals surface area contributed by atoms with Gasteiger partial charge in [-0.2, -0.15) is 4.89 Å². The van der Waals surface area contributed by atoms with Crippen LogP contribution in [0.5, 0.6) is 0 Å². The van der Waals surface area contributed by atoms with Crippen LogP contribution in [0.25, 0.3) is 0 Å². The Morgan fingerprint density at radius 1 is 1.32 bits per heavy atom. The van der Waals surface area contributed by atoms with E-state index in [1.165, 1.54) is 29.2 Å². The summed E-state index contributed by atoms with van der Waals surface area (Å²) in [6.45, 7) is -0.0168. The maximum absolute atomic E-state index is 12.1. The number of benzene rings is 1. The molecule has 2 unspecified atom stereocenters. The van der Waals surface area contributed by atoms with Gasteiger partial charge in [0.05, 0.1) is 29.9 Å². The molecule has 1 aromatic rings. The highest BCUT2D eigenvalue weighted by atomic mass is 32.1. The van der Waals surface area contributed by atoms with Crippen molar-refractivity contribution in [2.24, 2.45) is 5.92 Å². The fourth-order valence-corrected chi connectivity index (χ4v) is 3.69. The fraction of sp³-hybridized carbons (Fsp3) is 0.353. The maximum Gasteiger partial charge on any atom is 0.353 e. The highest BCUT2D eigenvalue weighted by molar-refractivity contribution is 7.84. The van der Waals surface area contributed by atoms with Gasteiger partial charge in [0.15, 0.2) is 0 Å². The van der Waals surface area contributed by atoms with Crippen LogP contribution in [-0.2, 0) is 30.6 Å². The van der Waals surface area contributed by atoms with Gasteiger partial charge >= 0.3 is 11.9 Å². The molecule has 1 amide bonds. The molecule has 1 aromatic carbocycles. The summed E-state index contributed by atoms with van der Waals surface area (Å²) in [6.07, 6.45) is 0.533. The van der Waals surface area contributed by atoms with E-state index in [1.54, 1.807) is 0 Å². The lowest BCUT2D eigenvalue weighted by molar-refractivity contribution is -0.384. The molecule has 11 heteroatoms. The lowest BCUT2D eigenvalue weighted by atomic mass is 9.85. The smallest absolute Gasteiger partial charge is 0.353 e. The average molecular weight is 408 g/mol. The van der Waals surface area contributed by atoms with Gasteiger partial charge in [-0.1, -0.05) is 12.1 Å². The molecule has 1 fully saturated rings. The summed E-state index contributed by atoms with van der Waals surface area (Å²) in [6, 6.07) is 5.21. The molecule has 1 N–H and O–H groups in total. The van der Waals surface area contributed by atoms with Gasteiger partial charge in [-0.3, -0.25) is 19.8 Å². The van der Waals surface area contributed by atoms with Crippen LogP contribution in [0.3, 0.4) is 0 Å². The van der Waals surface area contributed by atoms with Gasteiger partial charge in [-0.05, 0) is 12.0 Å². The number of non-ortho nitro benzene ring substituents is 1. The van der Waals surface area contributed by atoms with E-state index >= 15 is 0 Å². The van der Waals surface area contributed by atoms with Crippen LogP contribution in [0.2, 0.25) is 0 Å². The Labute approximate surface area is 164 Å². The van der Waals surface area contributed by atoms with E-state index in [0.717, 1.165) is 0 Å². The number of β-lactam (4-membered cyclic amide) rings is 1. The monoisotopic (exact) mass is 408 g/mol. The van der Waals surface area contributed by atoms with E-state index in [9.17, 15) is 24.5 Å². The van der Waals surface area contributed by atoms with Crippen molar-refractivity contribution in [3.05, 3.63) is 50.5 Å². The van der Waals surface area contributed by atoms with Crippen molar-refractivity contribution < 1.29 is 34.2 Å². The number of fused-ring (bicyclic) bond motifs is 1. The normalized spacial score (nSPS) is 20.6. The summed E-state index contributed by atoms with van der Waals surface area (Å²) in [5, 5.41) is 19.7. The standard InChI is InChI=1S/C17H16N2O8S/c20-14(7-9-1-3-10(4-2-9)19(24)25)27-26-6-5-11-12-8-13(28)15(17(22)23)18(12)16(11)21/h1-4,11-12,28H,5-8H2,(H,22,23). The van der Waals surface area contributed by atoms with Crippen LogP contribution >= 0.6 is 12.6 Å². The zero-order valence-electron chi connectivity index (χ0n) is 14.4. The number of thiol groups is 1. The predicted molar refractivity (Wildman–Crippen MR) is 95.9 cm³/mol. The molecule has 3 rings (SSSR count). The molecular weight excluding hydrogens is 392 g/mol. The lowest BCUT2D eigenvalue weighted by Gasteiger charge is -2.43. The molecule has 0 spiro atoms. The molecule has 0 aromatic heterocycles. The predicted octanol–water partition coefficient (Wildman–Crippen LogP) is 1.46. The first-order chi connectivity index (χ1) is 13.3. The van der Waals surface area contributed by atoms with Crippen molar-refractivity contribution in [3.63, 3.8) is 0 Å². The number of carbonyl (C=O) groups is 3. The third kappa shape index (κ3) is 3.85. The van der Waals surface area contributed by atoms with Gasteiger partial charge in [0.25, 0.3) is 5.69 Å². The Kier molecular flexibility index (Phi) is 5.66. The van der Waals surface area contributed by atoms with Gasteiger partial charge in [0, 0.05) is 23.5 Å². The Hall–Kier alpha value is -2.92. The Morgan fingerprint density at radius 3 is 2.61 bits per heavy atom. The molecule has 2 aliphatic heterocycles. The Morgan fingerprint density at radius 2 is 2.00 bits per heavy atom. The second-order valence-electron chi connectivity index (χ2n) is 6.35. The van der Waals surface area contributed by atoms with E-state index in [2.05, 4.69) is 17.5 Å². The first kappa shape index (κ1) is 19.8. The van der Waals surface area contributed by atoms with Crippen LogP contribution in [0, 0.1) is 16.0 Å². The molecule has 10 nitrogen and oxygen atoms in total. The summed E-state index contributed by atoms with van der Waals surface area (Å²) in [5.74, 6) is -2.58. The molecule has 0 bridgehead atoms. The number of carbonyl (C=O) groups excluding carboxylic acids is 2. The van der Waals surface area contributed by atoms with Crippen LogP contribution in [0.1, 0.15) is 18.4 Å². The molecule has 2 aliphatic rings. The average Bonchev–Trinajstić information content (AvgIpc) is 2.95. The quantitative estimate of drug-likeness (QED) is 0.165. The number of rotatable bonds is 8. The highest BCUT2D eigenvalue weighted by Gasteiger charge is 2.54. The van der Waals surface area contributed by atoms with Gasteiger partial charge in [-0.25, -0.2) is 9.59 Å². The number of nitrogens with zero attached hydrogens (tertiary/aromatic N) is 2. The highest BCUT2D eigenvalue weighted by Crippen LogP contribution is 2.44. The number of aliphatic carboxylic acids is 1. The van der Waals surface area contributed by atoms with Crippen molar-refractivity contribution in [1.29, 1.82) is 0 Å². The SMILES string of the molecule is O=C(Cc1ccc([N+](=O)[O-])cc1)OOCCC1C(=O)N2C(C(=O)O)=C(S)CC12. The Bertz CT molecular complexity index is 866. The lowest BCUT2D eigenvalue weighted by Crippen LogP contribution is -2.58. The summed E-state index contributed by atoms with van der Waals surface area (Å²) < 4.78 is 0. The number of amides is 1. The molecule has 148 valence electrons. The first-order valence-electron chi connectivity index (χ1n) is 8.33. The van der Waals surface area contributed by atoms with Crippen molar-refractivity contribution in [1.82, 2.24) is 4.90 Å². The number of nitro groups is 1. The molecule has 28 heavy (non-hydrogen) atoms. The van der Waals surface area contributed by atoms with E-state index in [0.29, 0.717) is 16.9 Å². The van der Waals surface area contributed by atoms with Crippen molar-refractivity contribution >= 4 is 36.2 Å². The largest absolute Gasteiger partial charge is 0.477 e. The van der Waals surface area contributed by atoms with Crippen LogP contribution in [0.4, 0.5) is 5.69 Å². The minimum absolute atomic E-state index is 0.0168. The van der Waals surface area contributed by atoms with Crippen LogP contribution in [-0.4, -0.2) is 45.4 Å². The van der Waals surface area contributed by atoms with Gasteiger partial charge < -0.3 is 10.0 Å². The zero-order valence-corrected chi connectivity index (χ0v) is 15.3. The number of hydrogen-bond acceptors (Lipinski definition) is 8. The molecule has 2 atom stereocenters. The van der Waals surface area contributed by atoms with E-state index in [4.69, 9.17) is 9.99 Å². The molecule has 0 radical (unpaired) electrons. The van der Waals surface area contributed by atoms with Gasteiger partial charge in [0.2, 0.25) is 5.91 Å². The third-order valence-corrected chi connectivity index (χ3v) is 5.02. The van der Waals surface area contributed by atoms with Crippen LogP contribution in [0.15, 0.2) is 34.9 Å². The molecule has 1 saturated heterocycles. The first-order valence-corrected chi connectivity index (χ1v) is 8.78. The van der Waals surface area contributed by atoms with E-state index < -0.39 is 22.8 Å². The van der Waals surface area contributed by atoms with Crippen molar-refractivity contribution in [2.75, 3.05) is 6.61 Å². The topological polar surface area (TPSA) is 136 Å². The fourth-order valence-electron chi connectivity index (χ4n) is 3.30. The molecular formula is C17H16N2O8S.